The number of hydrogen-bond acceptors (Lipinski definition) is 6. The van der Waals surface area contributed by atoms with Crippen molar-refractivity contribution in [1.82, 2.24) is 19.5 Å². The van der Waals surface area contributed by atoms with E-state index in [0.29, 0.717) is 48.1 Å². The van der Waals surface area contributed by atoms with Crippen LogP contribution in [-0.2, 0) is 25.7 Å². The monoisotopic (exact) mass is 468 g/mol. The van der Waals surface area contributed by atoms with Gasteiger partial charge in [-0.25, -0.2) is 4.98 Å². The van der Waals surface area contributed by atoms with Crippen LogP contribution in [-0.4, -0.2) is 44.3 Å². The molecule has 0 saturated heterocycles. The maximum Gasteiger partial charge on any atom is 0.416 e. The maximum atomic E-state index is 12.9. The van der Waals surface area contributed by atoms with E-state index in [4.69, 9.17) is 4.98 Å². The van der Waals surface area contributed by atoms with Gasteiger partial charge in [-0.05, 0) is 35.2 Å². The van der Waals surface area contributed by atoms with Crippen LogP contribution in [0.15, 0.2) is 54.9 Å². The van der Waals surface area contributed by atoms with Gasteiger partial charge in [0.15, 0.2) is 17.0 Å². The summed E-state index contributed by atoms with van der Waals surface area (Å²) in [5.74, 6) is 1.05. The Bertz CT molecular complexity index is 1300. The highest BCUT2D eigenvalue weighted by Gasteiger charge is 2.30. The summed E-state index contributed by atoms with van der Waals surface area (Å²) in [5, 5.41) is 12.4. The van der Waals surface area contributed by atoms with Crippen molar-refractivity contribution in [2.45, 2.75) is 25.7 Å². The lowest BCUT2D eigenvalue weighted by Crippen LogP contribution is -2.32. The van der Waals surface area contributed by atoms with Gasteiger partial charge in [0, 0.05) is 19.6 Å². The fraction of sp³-hybridized carbons (Fsp3) is 0.292. The smallest absolute Gasteiger partial charge is 0.395 e. The molecule has 4 aromatic rings. The highest BCUT2D eigenvalue weighted by molar-refractivity contribution is 5.84. The van der Waals surface area contributed by atoms with Crippen molar-refractivity contribution in [3.05, 3.63) is 77.1 Å². The first kappa shape index (κ1) is 22.1. The minimum absolute atomic E-state index is 0.0653. The van der Waals surface area contributed by atoms with Crippen molar-refractivity contribution in [2.24, 2.45) is 0 Å². The Kier molecular flexibility index (Phi) is 5.82. The van der Waals surface area contributed by atoms with E-state index >= 15 is 0 Å². The number of benzene rings is 2. The molecule has 0 saturated carbocycles. The average molecular weight is 468 g/mol. The number of nitrogens with zero attached hydrogens (tertiary/aromatic N) is 5. The molecule has 10 heteroatoms. The number of fused-ring (bicyclic) bond motifs is 2. The van der Waals surface area contributed by atoms with Gasteiger partial charge in [0.25, 0.3) is 0 Å². The molecule has 7 nitrogen and oxygen atoms in total. The molecular weight excluding hydrogens is 445 g/mol. The molecule has 34 heavy (non-hydrogen) atoms. The summed E-state index contributed by atoms with van der Waals surface area (Å²) in [7, 11) is 0. The van der Waals surface area contributed by atoms with E-state index in [0.717, 1.165) is 25.1 Å². The SMILES string of the molecule is OCCNc1nc(N2CCc3ccccc3C2)nc2c1ncn2Cc1ccc(C(F)(F)F)cc1. The molecule has 2 N–H and O–H groups in total. The third-order valence-electron chi connectivity index (χ3n) is 5.90. The zero-order valence-electron chi connectivity index (χ0n) is 18.3. The normalized spacial score (nSPS) is 13.8. The second-order valence-electron chi connectivity index (χ2n) is 8.20. The van der Waals surface area contributed by atoms with Crippen molar-refractivity contribution in [2.75, 3.05) is 29.9 Å². The van der Waals surface area contributed by atoms with Gasteiger partial charge in [-0.3, -0.25) is 0 Å². The van der Waals surface area contributed by atoms with E-state index in [2.05, 4.69) is 32.3 Å². The van der Waals surface area contributed by atoms with Gasteiger partial charge in [0.1, 0.15) is 0 Å². The summed E-state index contributed by atoms with van der Waals surface area (Å²) in [6.07, 6.45) is -1.89. The second-order valence-corrected chi connectivity index (χ2v) is 8.20. The lowest BCUT2D eigenvalue weighted by Gasteiger charge is -2.29. The number of aromatic nitrogens is 4. The molecule has 0 atom stereocenters. The number of alkyl halides is 3. The van der Waals surface area contributed by atoms with Crippen molar-refractivity contribution in [3.63, 3.8) is 0 Å². The number of rotatable bonds is 6. The Labute approximate surface area is 193 Å². The van der Waals surface area contributed by atoms with E-state index in [-0.39, 0.29) is 6.61 Å². The largest absolute Gasteiger partial charge is 0.416 e. The minimum Gasteiger partial charge on any atom is -0.395 e. The first-order valence-corrected chi connectivity index (χ1v) is 11.0. The van der Waals surface area contributed by atoms with Crippen LogP contribution in [0.4, 0.5) is 24.9 Å². The number of aliphatic hydroxyl groups excluding tert-OH is 1. The Morgan fingerprint density at radius 2 is 1.76 bits per heavy atom. The van der Waals surface area contributed by atoms with Crippen molar-refractivity contribution < 1.29 is 18.3 Å². The lowest BCUT2D eigenvalue weighted by atomic mass is 10.0. The van der Waals surface area contributed by atoms with Crippen LogP contribution in [0, 0.1) is 0 Å². The molecule has 0 aliphatic carbocycles. The molecule has 2 aromatic carbocycles. The molecule has 3 heterocycles. The van der Waals surface area contributed by atoms with Gasteiger partial charge in [-0.2, -0.15) is 23.1 Å². The van der Waals surface area contributed by atoms with Gasteiger partial charge in [-0.15, -0.1) is 0 Å². The van der Waals surface area contributed by atoms with Gasteiger partial charge in [0.05, 0.1) is 25.0 Å². The van der Waals surface area contributed by atoms with Crippen LogP contribution in [0.2, 0.25) is 0 Å². The van der Waals surface area contributed by atoms with E-state index in [1.165, 1.54) is 23.3 Å². The van der Waals surface area contributed by atoms with Crippen LogP contribution in [0.1, 0.15) is 22.3 Å². The van der Waals surface area contributed by atoms with E-state index in [1.54, 1.807) is 10.9 Å². The zero-order chi connectivity index (χ0) is 23.7. The Morgan fingerprint density at radius 1 is 1.00 bits per heavy atom. The molecule has 0 spiro atoms. The molecule has 1 aliphatic heterocycles. The fourth-order valence-corrected chi connectivity index (χ4v) is 4.15. The summed E-state index contributed by atoms with van der Waals surface area (Å²) in [5.41, 5.74) is 3.67. The molecule has 0 amide bonds. The predicted octanol–water partition coefficient (Wildman–Crippen LogP) is 3.86. The topological polar surface area (TPSA) is 79.1 Å². The molecular formula is C24H23F3N6O. The predicted molar refractivity (Wildman–Crippen MR) is 123 cm³/mol. The van der Waals surface area contributed by atoms with Crippen molar-refractivity contribution in [1.29, 1.82) is 0 Å². The Balaban J connectivity index is 1.49. The first-order valence-electron chi connectivity index (χ1n) is 11.0. The molecule has 0 fully saturated rings. The highest BCUT2D eigenvalue weighted by atomic mass is 19.4. The average Bonchev–Trinajstić information content (AvgIpc) is 3.24. The van der Waals surface area contributed by atoms with E-state index in [9.17, 15) is 18.3 Å². The Morgan fingerprint density at radius 3 is 2.50 bits per heavy atom. The van der Waals surface area contributed by atoms with Gasteiger partial charge < -0.3 is 19.9 Å². The van der Waals surface area contributed by atoms with Gasteiger partial charge >= 0.3 is 6.18 Å². The second kappa shape index (κ2) is 8.94. The third-order valence-corrected chi connectivity index (χ3v) is 5.90. The third kappa shape index (κ3) is 4.41. The van der Waals surface area contributed by atoms with Crippen molar-refractivity contribution in [3.8, 4) is 0 Å². The summed E-state index contributed by atoms with van der Waals surface area (Å²) in [4.78, 5) is 16.0. The quantitative estimate of drug-likeness (QED) is 0.448. The van der Waals surface area contributed by atoms with Crippen LogP contribution >= 0.6 is 0 Å². The lowest BCUT2D eigenvalue weighted by molar-refractivity contribution is -0.137. The summed E-state index contributed by atoms with van der Waals surface area (Å²) < 4.78 is 40.5. The van der Waals surface area contributed by atoms with Crippen LogP contribution in [0.25, 0.3) is 11.2 Å². The number of aliphatic hydroxyl groups is 1. The summed E-state index contributed by atoms with van der Waals surface area (Å²) in [6, 6.07) is 13.4. The van der Waals surface area contributed by atoms with Gasteiger partial charge in [-0.1, -0.05) is 36.4 Å². The molecule has 0 radical (unpaired) electrons. The molecule has 0 bridgehead atoms. The van der Waals surface area contributed by atoms with E-state index in [1.807, 2.05) is 12.1 Å². The van der Waals surface area contributed by atoms with Crippen LogP contribution in [0.3, 0.4) is 0 Å². The molecule has 5 rings (SSSR count). The number of imidazole rings is 1. The van der Waals surface area contributed by atoms with Crippen LogP contribution < -0.4 is 10.2 Å². The zero-order valence-corrected chi connectivity index (χ0v) is 18.3. The first-order chi connectivity index (χ1) is 16.4. The fourth-order valence-electron chi connectivity index (χ4n) is 4.15. The standard InChI is InChI=1S/C24H23F3N6O/c25-24(26,27)19-7-5-16(6-8-19)13-33-15-29-20-21(28-10-12-34)30-23(31-22(20)33)32-11-9-17-3-1-2-4-18(17)14-32/h1-8,15,34H,9-14H2,(H,28,30,31). The number of hydrogen-bond donors (Lipinski definition) is 2. The Hall–Kier alpha value is -3.66. The maximum absolute atomic E-state index is 12.9. The van der Waals surface area contributed by atoms with E-state index < -0.39 is 11.7 Å². The molecule has 1 aliphatic rings. The molecule has 176 valence electrons. The number of anilines is 2. The van der Waals surface area contributed by atoms with Crippen LogP contribution in [0.5, 0.6) is 0 Å². The molecule has 0 unspecified atom stereocenters. The summed E-state index contributed by atoms with van der Waals surface area (Å²) >= 11 is 0. The van der Waals surface area contributed by atoms with Gasteiger partial charge in [0.2, 0.25) is 5.95 Å². The summed E-state index contributed by atoms with van der Waals surface area (Å²) in [6.45, 7) is 1.99. The highest BCUT2D eigenvalue weighted by Crippen LogP contribution is 2.30. The minimum atomic E-state index is -4.37. The van der Waals surface area contributed by atoms with Crippen molar-refractivity contribution >= 4 is 22.9 Å². The molecule has 2 aromatic heterocycles. The number of halogens is 3. The number of nitrogens with one attached hydrogen (secondary N) is 1.